The SMILES string of the molecule is COC(=O)C1CC(=O)N(c2ccnc(C(=O)O)c2)C1. The minimum atomic E-state index is -1.17. The molecule has 1 fully saturated rings. The number of aromatic nitrogens is 1. The number of hydrogen-bond acceptors (Lipinski definition) is 5. The Bertz CT molecular complexity index is 543. The van der Waals surface area contributed by atoms with E-state index in [0.29, 0.717) is 5.69 Å². The van der Waals surface area contributed by atoms with Gasteiger partial charge < -0.3 is 14.7 Å². The molecule has 0 bridgehead atoms. The van der Waals surface area contributed by atoms with Gasteiger partial charge in [0.1, 0.15) is 5.69 Å². The third-order valence-electron chi connectivity index (χ3n) is 2.93. The molecule has 0 spiro atoms. The maximum atomic E-state index is 11.8. The van der Waals surface area contributed by atoms with E-state index in [1.807, 2.05) is 0 Å². The number of esters is 1. The Hall–Kier alpha value is -2.44. The van der Waals surface area contributed by atoms with Crippen LogP contribution in [0.3, 0.4) is 0 Å². The van der Waals surface area contributed by atoms with Crippen LogP contribution < -0.4 is 4.90 Å². The van der Waals surface area contributed by atoms with Crippen LogP contribution in [0.4, 0.5) is 5.69 Å². The van der Waals surface area contributed by atoms with Gasteiger partial charge >= 0.3 is 11.9 Å². The minimum Gasteiger partial charge on any atom is -0.477 e. The molecular formula is C12H12N2O5. The summed E-state index contributed by atoms with van der Waals surface area (Å²) < 4.78 is 4.60. The third-order valence-corrected chi connectivity index (χ3v) is 2.93. The largest absolute Gasteiger partial charge is 0.477 e. The summed E-state index contributed by atoms with van der Waals surface area (Å²) in [6.45, 7) is 0.189. The molecule has 100 valence electrons. The number of aromatic carboxylic acids is 1. The fourth-order valence-electron chi connectivity index (χ4n) is 1.99. The summed E-state index contributed by atoms with van der Waals surface area (Å²) >= 11 is 0. The lowest BCUT2D eigenvalue weighted by Crippen LogP contribution is -2.26. The monoisotopic (exact) mass is 264 g/mol. The zero-order chi connectivity index (χ0) is 14.0. The fourth-order valence-corrected chi connectivity index (χ4v) is 1.99. The summed E-state index contributed by atoms with van der Waals surface area (Å²) in [6, 6.07) is 2.84. The van der Waals surface area contributed by atoms with Gasteiger partial charge in [-0.15, -0.1) is 0 Å². The Kier molecular flexibility index (Phi) is 3.46. The van der Waals surface area contributed by atoms with E-state index in [4.69, 9.17) is 5.11 Å². The molecule has 1 N–H and O–H groups in total. The standard InChI is InChI=1S/C12H12N2O5/c1-19-12(18)7-4-10(15)14(6-7)8-2-3-13-9(5-8)11(16)17/h2-3,5,7H,4,6H2,1H3,(H,16,17). The smallest absolute Gasteiger partial charge is 0.354 e. The molecule has 1 amide bonds. The Labute approximate surface area is 108 Å². The van der Waals surface area contributed by atoms with E-state index in [1.165, 1.54) is 30.3 Å². The molecule has 2 rings (SSSR count). The average molecular weight is 264 g/mol. The van der Waals surface area contributed by atoms with E-state index >= 15 is 0 Å². The minimum absolute atomic E-state index is 0.0669. The van der Waals surface area contributed by atoms with Crippen LogP contribution >= 0.6 is 0 Å². The van der Waals surface area contributed by atoms with Crippen molar-refractivity contribution in [1.82, 2.24) is 4.98 Å². The highest BCUT2D eigenvalue weighted by atomic mass is 16.5. The molecule has 7 heteroatoms. The van der Waals surface area contributed by atoms with Gasteiger partial charge in [-0.1, -0.05) is 0 Å². The van der Waals surface area contributed by atoms with Gasteiger partial charge in [0.15, 0.2) is 0 Å². The highest BCUT2D eigenvalue weighted by Gasteiger charge is 2.36. The maximum Gasteiger partial charge on any atom is 0.354 e. The number of anilines is 1. The van der Waals surface area contributed by atoms with Crippen molar-refractivity contribution in [2.75, 3.05) is 18.6 Å². The van der Waals surface area contributed by atoms with E-state index in [2.05, 4.69) is 9.72 Å². The highest BCUT2D eigenvalue weighted by Crippen LogP contribution is 2.25. The summed E-state index contributed by atoms with van der Waals surface area (Å²) in [5.41, 5.74) is 0.274. The molecule has 1 aromatic rings. The molecule has 1 saturated heterocycles. The zero-order valence-corrected chi connectivity index (χ0v) is 10.2. The molecular weight excluding hydrogens is 252 g/mol. The predicted octanol–water partition coefficient (Wildman–Crippen LogP) is 0.306. The third kappa shape index (κ3) is 2.54. The second kappa shape index (κ2) is 5.05. The van der Waals surface area contributed by atoms with Gasteiger partial charge in [0.05, 0.1) is 13.0 Å². The number of carboxylic acids is 1. The number of amides is 1. The van der Waals surface area contributed by atoms with Crippen LogP contribution in [0.2, 0.25) is 0 Å². The Morgan fingerprint density at radius 2 is 2.26 bits per heavy atom. The van der Waals surface area contributed by atoms with Gasteiger partial charge in [0, 0.05) is 24.8 Å². The lowest BCUT2D eigenvalue weighted by Gasteiger charge is -2.16. The van der Waals surface area contributed by atoms with E-state index in [1.54, 1.807) is 0 Å². The first-order valence-electron chi connectivity index (χ1n) is 5.60. The quantitative estimate of drug-likeness (QED) is 0.789. The normalized spacial score (nSPS) is 18.5. The molecule has 1 aromatic heterocycles. The molecule has 2 heterocycles. The molecule has 1 unspecified atom stereocenters. The van der Waals surface area contributed by atoms with Crippen molar-refractivity contribution in [3.8, 4) is 0 Å². The van der Waals surface area contributed by atoms with Crippen LogP contribution in [0, 0.1) is 5.92 Å². The highest BCUT2D eigenvalue weighted by molar-refractivity contribution is 6.00. The topological polar surface area (TPSA) is 96.8 Å². The first kappa shape index (κ1) is 13.0. The number of nitrogens with zero attached hydrogens (tertiary/aromatic N) is 2. The second-order valence-corrected chi connectivity index (χ2v) is 4.13. The van der Waals surface area contributed by atoms with E-state index < -0.39 is 17.9 Å². The number of carbonyl (C=O) groups is 3. The number of carbonyl (C=O) groups excluding carboxylic acids is 2. The predicted molar refractivity (Wildman–Crippen MR) is 63.7 cm³/mol. The van der Waals surface area contributed by atoms with Crippen LogP contribution in [0.15, 0.2) is 18.3 Å². The van der Waals surface area contributed by atoms with Gasteiger partial charge in [-0.05, 0) is 12.1 Å². The van der Waals surface area contributed by atoms with Crippen LogP contribution in [0.5, 0.6) is 0 Å². The Morgan fingerprint density at radius 1 is 1.53 bits per heavy atom. The molecule has 1 aliphatic heterocycles. The zero-order valence-electron chi connectivity index (χ0n) is 10.2. The van der Waals surface area contributed by atoms with Gasteiger partial charge in [-0.25, -0.2) is 9.78 Å². The van der Waals surface area contributed by atoms with Crippen LogP contribution in [-0.4, -0.2) is 41.6 Å². The van der Waals surface area contributed by atoms with Crippen molar-refractivity contribution in [3.05, 3.63) is 24.0 Å². The fraction of sp³-hybridized carbons (Fsp3) is 0.333. The van der Waals surface area contributed by atoms with Crippen LogP contribution in [0.25, 0.3) is 0 Å². The van der Waals surface area contributed by atoms with Gasteiger partial charge in [-0.3, -0.25) is 9.59 Å². The molecule has 1 aliphatic rings. The molecule has 0 aliphatic carbocycles. The van der Waals surface area contributed by atoms with Crippen LogP contribution in [-0.2, 0) is 14.3 Å². The van der Waals surface area contributed by atoms with Crippen molar-refractivity contribution in [2.45, 2.75) is 6.42 Å². The number of carboxylic acid groups (broad SMARTS) is 1. The molecule has 19 heavy (non-hydrogen) atoms. The van der Waals surface area contributed by atoms with Gasteiger partial charge in [-0.2, -0.15) is 0 Å². The molecule has 0 radical (unpaired) electrons. The Balaban J connectivity index is 2.23. The number of rotatable bonds is 3. The summed E-state index contributed by atoms with van der Waals surface area (Å²) in [4.78, 5) is 39.1. The number of methoxy groups -OCH3 is 1. The second-order valence-electron chi connectivity index (χ2n) is 4.13. The van der Waals surface area contributed by atoms with E-state index in [9.17, 15) is 14.4 Å². The first-order valence-corrected chi connectivity index (χ1v) is 5.60. The van der Waals surface area contributed by atoms with Crippen molar-refractivity contribution in [3.63, 3.8) is 0 Å². The van der Waals surface area contributed by atoms with Crippen molar-refractivity contribution >= 4 is 23.5 Å². The van der Waals surface area contributed by atoms with Crippen molar-refractivity contribution in [1.29, 1.82) is 0 Å². The average Bonchev–Trinajstić information content (AvgIpc) is 2.80. The van der Waals surface area contributed by atoms with Crippen molar-refractivity contribution in [2.24, 2.45) is 5.92 Å². The summed E-state index contributed by atoms with van der Waals surface area (Å²) in [5.74, 6) is -2.36. The van der Waals surface area contributed by atoms with Crippen molar-refractivity contribution < 1.29 is 24.2 Å². The summed E-state index contributed by atoms with van der Waals surface area (Å²) in [7, 11) is 1.27. The number of pyridine rings is 1. The molecule has 0 saturated carbocycles. The van der Waals surface area contributed by atoms with Gasteiger partial charge in [0.25, 0.3) is 0 Å². The number of ether oxygens (including phenoxy) is 1. The van der Waals surface area contributed by atoms with Crippen LogP contribution in [0.1, 0.15) is 16.9 Å². The lowest BCUT2D eigenvalue weighted by atomic mass is 10.1. The van der Waals surface area contributed by atoms with Gasteiger partial charge in [0.2, 0.25) is 5.91 Å². The first-order chi connectivity index (χ1) is 9.02. The molecule has 0 aromatic carbocycles. The summed E-state index contributed by atoms with van der Waals surface area (Å²) in [5, 5.41) is 8.86. The molecule has 1 atom stereocenters. The van der Waals surface area contributed by atoms with E-state index in [-0.39, 0.29) is 24.6 Å². The summed E-state index contributed by atoms with van der Waals surface area (Å²) in [6.07, 6.45) is 1.38. The molecule has 7 nitrogen and oxygen atoms in total. The lowest BCUT2D eigenvalue weighted by molar-refractivity contribution is -0.145. The van der Waals surface area contributed by atoms with E-state index in [0.717, 1.165) is 0 Å². The maximum absolute atomic E-state index is 11.8. The number of hydrogen-bond donors (Lipinski definition) is 1. The Morgan fingerprint density at radius 3 is 2.89 bits per heavy atom.